The summed E-state index contributed by atoms with van der Waals surface area (Å²) in [7, 11) is 1.65. The highest BCUT2D eigenvalue weighted by Crippen LogP contribution is 2.44. The summed E-state index contributed by atoms with van der Waals surface area (Å²) in [6.07, 6.45) is 1.31. The van der Waals surface area contributed by atoms with Crippen molar-refractivity contribution in [1.82, 2.24) is 0 Å². The monoisotopic (exact) mass is 474 g/mol. The van der Waals surface area contributed by atoms with Gasteiger partial charge in [-0.15, -0.1) is 0 Å². The van der Waals surface area contributed by atoms with Gasteiger partial charge in [0.15, 0.2) is 5.78 Å². The molecule has 31 heavy (non-hydrogen) atoms. The van der Waals surface area contributed by atoms with Gasteiger partial charge in [-0.3, -0.25) is 4.79 Å². The van der Waals surface area contributed by atoms with Crippen molar-refractivity contribution in [2.75, 3.05) is 17.7 Å². The van der Waals surface area contributed by atoms with Crippen LogP contribution in [0.1, 0.15) is 35.9 Å². The van der Waals surface area contributed by atoms with Crippen LogP contribution >= 0.6 is 15.9 Å². The van der Waals surface area contributed by atoms with Gasteiger partial charge in [-0.2, -0.15) is 0 Å². The van der Waals surface area contributed by atoms with Crippen molar-refractivity contribution >= 4 is 33.1 Å². The number of hydrogen-bond donors (Lipinski definition) is 2. The summed E-state index contributed by atoms with van der Waals surface area (Å²) in [5.74, 6) is 1.12. The number of fused-ring (bicyclic) bond motifs is 1. The number of halogens is 1. The summed E-state index contributed by atoms with van der Waals surface area (Å²) in [4.78, 5) is 13.5. The second-order valence-electron chi connectivity index (χ2n) is 7.97. The first kappa shape index (κ1) is 19.9. The van der Waals surface area contributed by atoms with Gasteiger partial charge >= 0.3 is 0 Å². The fourth-order valence-electron chi connectivity index (χ4n) is 4.57. The third-order valence-electron chi connectivity index (χ3n) is 6.09. The highest BCUT2D eigenvalue weighted by molar-refractivity contribution is 9.10. The fraction of sp³-hybridized carbons (Fsp3) is 0.192. The molecular weight excluding hydrogens is 452 g/mol. The molecule has 3 aromatic rings. The molecule has 156 valence electrons. The summed E-state index contributed by atoms with van der Waals surface area (Å²) in [5, 5.41) is 7.21. The number of carbonyl (C=O) groups is 1. The number of Topliss-reactive ketones (excluding diaryl/α,β-unsaturated/α-hetero) is 1. The molecule has 3 aromatic carbocycles. The Hall–Kier alpha value is -3.05. The Morgan fingerprint density at radius 1 is 0.903 bits per heavy atom. The van der Waals surface area contributed by atoms with Gasteiger partial charge in [0.1, 0.15) is 5.75 Å². The van der Waals surface area contributed by atoms with Crippen LogP contribution in [0.5, 0.6) is 5.75 Å². The number of methoxy groups -OCH3 is 1. The van der Waals surface area contributed by atoms with Crippen LogP contribution in [0.2, 0.25) is 0 Å². The van der Waals surface area contributed by atoms with E-state index in [1.165, 1.54) is 5.56 Å². The second-order valence-corrected chi connectivity index (χ2v) is 8.83. The molecule has 0 bridgehead atoms. The number of nitrogens with one attached hydrogen (secondary N) is 2. The zero-order chi connectivity index (χ0) is 21.4. The van der Waals surface area contributed by atoms with E-state index >= 15 is 0 Å². The molecule has 0 aromatic heterocycles. The van der Waals surface area contributed by atoms with Crippen LogP contribution in [-0.2, 0) is 4.79 Å². The third kappa shape index (κ3) is 3.74. The van der Waals surface area contributed by atoms with E-state index in [4.69, 9.17) is 4.74 Å². The number of rotatable bonds is 3. The molecule has 0 saturated heterocycles. The molecule has 0 amide bonds. The number of anilines is 2. The Morgan fingerprint density at radius 2 is 1.65 bits per heavy atom. The molecule has 0 unspecified atom stereocenters. The van der Waals surface area contributed by atoms with Gasteiger partial charge < -0.3 is 15.4 Å². The van der Waals surface area contributed by atoms with Crippen LogP contribution in [0.3, 0.4) is 0 Å². The minimum Gasteiger partial charge on any atom is -0.496 e. The average Bonchev–Trinajstić information content (AvgIpc) is 2.96. The summed E-state index contributed by atoms with van der Waals surface area (Å²) in [5.41, 5.74) is 6.02. The average molecular weight is 475 g/mol. The molecule has 5 heteroatoms. The Balaban J connectivity index is 1.62. The van der Waals surface area contributed by atoms with Crippen molar-refractivity contribution in [2.24, 2.45) is 0 Å². The number of hydrogen-bond acceptors (Lipinski definition) is 4. The van der Waals surface area contributed by atoms with Crippen molar-refractivity contribution in [3.05, 3.63) is 99.7 Å². The summed E-state index contributed by atoms with van der Waals surface area (Å²) < 4.78 is 6.27. The summed E-state index contributed by atoms with van der Waals surface area (Å²) in [6, 6.07) is 24.2. The van der Waals surface area contributed by atoms with Gasteiger partial charge in [0, 0.05) is 17.7 Å². The van der Waals surface area contributed by atoms with E-state index in [2.05, 4.69) is 44.8 Å². The Kier molecular flexibility index (Phi) is 5.28. The Labute approximate surface area is 190 Å². The number of benzene rings is 3. The number of ether oxygens (including phenoxy) is 1. The molecule has 4 nitrogen and oxygen atoms in total. The largest absolute Gasteiger partial charge is 0.496 e. The van der Waals surface area contributed by atoms with E-state index in [-0.39, 0.29) is 17.7 Å². The van der Waals surface area contributed by atoms with Crippen LogP contribution in [0.4, 0.5) is 11.4 Å². The standard InChI is InChI=1S/C26H23BrN2O2/c1-31-24-12-11-17(13-19(24)27)26-25-22(28-20-9-5-6-10-21(20)29-26)14-18(15-23(25)30)16-7-3-2-4-8-16/h2-13,18,26,28-29H,14-15H2,1H3/t18-,26-/m1/s1. The molecule has 0 fully saturated rings. The molecular formula is C26H23BrN2O2. The molecule has 1 heterocycles. The van der Waals surface area contributed by atoms with Gasteiger partial charge in [-0.25, -0.2) is 0 Å². The van der Waals surface area contributed by atoms with Crippen molar-refractivity contribution < 1.29 is 9.53 Å². The predicted molar refractivity (Wildman–Crippen MR) is 128 cm³/mol. The van der Waals surface area contributed by atoms with E-state index in [1.54, 1.807) is 7.11 Å². The Bertz CT molecular complexity index is 1170. The molecule has 2 N–H and O–H groups in total. The molecule has 0 radical (unpaired) electrons. The number of carbonyl (C=O) groups excluding carboxylic acids is 1. The predicted octanol–water partition coefficient (Wildman–Crippen LogP) is 6.44. The van der Waals surface area contributed by atoms with Gasteiger partial charge in [0.05, 0.1) is 29.0 Å². The van der Waals surface area contributed by atoms with Gasteiger partial charge in [0.2, 0.25) is 0 Å². The van der Waals surface area contributed by atoms with Crippen molar-refractivity contribution in [2.45, 2.75) is 24.8 Å². The Morgan fingerprint density at radius 3 is 2.39 bits per heavy atom. The van der Waals surface area contributed by atoms with Crippen LogP contribution in [0.15, 0.2) is 88.5 Å². The lowest BCUT2D eigenvalue weighted by molar-refractivity contribution is -0.116. The van der Waals surface area contributed by atoms with Gasteiger partial charge in [0.25, 0.3) is 0 Å². The van der Waals surface area contributed by atoms with Crippen LogP contribution in [0.25, 0.3) is 0 Å². The van der Waals surface area contributed by atoms with Crippen LogP contribution in [0, 0.1) is 0 Å². The van der Waals surface area contributed by atoms with E-state index in [1.807, 2.05) is 54.6 Å². The highest BCUT2D eigenvalue weighted by atomic mass is 79.9. The second kappa shape index (κ2) is 8.23. The third-order valence-corrected chi connectivity index (χ3v) is 6.71. The lowest BCUT2D eigenvalue weighted by atomic mass is 9.78. The first-order chi connectivity index (χ1) is 15.1. The first-order valence-electron chi connectivity index (χ1n) is 10.4. The van der Waals surface area contributed by atoms with Gasteiger partial charge in [-0.05, 0) is 63.7 Å². The number of para-hydroxylation sites is 2. The molecule has 0 saturated carbocycles. The first-order valence-corrected chi connectivity index (χ1v) is 11.2. The van der Waals surface area contributed by atoms with E-state index in [0.29, 0.717) is 6.42 Å². The highest BCUT2D eigenvalue weighted by Gasteiger charge is 2.36. The molecule has 5 rings (SSSR count). The SMILES string of the molecule is COc1ccc([C@H]2Nc3ccccc3NC3=C2C(=O)C[C@H](c2ccccc2)C3)cc1Br. The van der Waals surface area contributed by atoms with E-state index < -0.39 is 0 Å². The van der Waals surface area contributed by atoms with Crippen molar-refractivity contribution in [1.29, 1.82) is 0 Å². The summed E-state index contributed by atoms with van der Waals surface area (Å²) in [6.45, 7) is 0. The number of ketones is 1. The maximum Gasteiger partial charge on any atom is 0.163 e. The van der Waals surface area contributed by atoms with Crippen LogP contribution < -0.4 is 15.4 Å². The number of allylic oxidation sites excluding steroid dienone is 1. The zero-order valence-electron chi connectivity index (χ0n) is 17.2. The normalized spacial score (nSPS) is 20.1. The van der Waals surface area contributed by atoms with Gasteiger partial charge in [-0.1, -0.05) is 48.5 Å². The quantitative estimate of drug-likeness (QED) is 0.458. The minimum absolute atomic E-state index is 0.175. The lowest BCUT2D eigenvalue weighted by Crippen LogP contribution is -2.26. The smallest absolute Gasteiger partial charge is 0.163 e. The topological polar surface area (TPSA) is 50.4 Å². The molecule has 2 atom stereocenters. The molecule has 1 aliphatic heterocycles. The summed E-state index contributed by atoms with van der Waals surface area (Å²) >= 11 is 3.60. The minimum atomic E-state index is -0.238. The lowest BCUT2D eigenvalue weighted by Gasteiger charge is -2.30. The molecule has 2 aliphatic rings. The van der Waals surface area contributed by atoms with E-state index in [9.17, 15) is 4.79 Å². The van der Waals surface area contributed by atoms with E-state index in [0.717, 1.165) is 44.9 Å². The van der Waals surface area contributed by atoms with Crippen molar-refractivity contribution in [3.63, 3.8) is 0 Å². The maximum absolute atomic E-state index is 13.5. The molecule has 1 aliphatic carbocycles. The van der Waals surface area contributed by atoms with Crippen LogP contribution in [-0.4, -0.2) is 12.9 Å². The zero-order valence-corrected chi connectivity index (χ0v) is 18.8. The molecule has 0 spiro atoms. The van der Waals surface area contributed by atoms with Crippen molar-refractivity contribution in [3.8, 4) is 5.75 Å². The fourth-order valence-corrected chi connectivity index (χ4v) is 5.12. The maximum atomic E-state index is 13.5.